The summed E-state index contributed by atoms with van der Waals surface area (Å²) in [4.78, 5) is 27.9. The monoisotopic (exact) mass is 443 g/mol. The standard InChI is InChI=1S/C24H30ClN3O3/c1-24(2,28-12-14-31-15-13-28)17-26-22(29)16-21(18-8-4-3-5-9-18)27-23(30)19-10-6-7-11-20(19)25/h3-11,21H,12-17H2,1-2H3,(H,26,29)(H,27,30). The van der Waals surface area contributed by atoms with Crippen LogP contribution in [0.4, 0.5) is 0 Å². The summed E-state index contributed by atoms with van der Waals surface area (Å²) in [7, 11) is 0. The molecule has 1 atom stereocenters. The second-order valence-electron chi connectivity index (χ2n) is 8.31. The number of ether oxygens (including phenoxy) is 1. The number of benzene rings is 2. The normalized spacial score (nSPS) is 15.8. The number of nitrogens with zero attached hydrogens (tertiary/aromatic N) is 1. The maximum atomic E-state index is 12.8. The Morgan fingerprint density at radius 1 is 1.06 bits per heavy atom. The maximum absolute atomic E-state index is 12.8. The van der Waals surface area contributed by atoms with Crippen LogP contribution in [-0.2, 0) is 9.53 Å². The molecule has 2 amide bonds. The molecule has 7 heteroatoms. The molecule has 0 saturated carbocycles. The Balaban J connectivity index is 1.65. The van der Waals surface area contributed by atoms with Crippen LogP contribution < -0.4 is 10.6 Å². The SMILES string of the molecule is CC(C)(CNC(=O)CC(NC(=O)c1ccccc1Cl)c1ccccc1)N1CCOCC1. The van der Waals surface area contributed by atoms with Gasteiger partial charge in [-0.15, -0.1) is 0 Å². The number of hydrogen-bond acceptors (Lipinski definition) is 4. The van der Waals surface area contributed by atoms with Crippen molar-refractivity contribution in [2.45, 2.75) is 31.8 Å². The van der Waals surface area contributed by atoms with Crippen LogP contribution in [0.2, 0.25) is 5.02 Å². The lowest BCUT2D eigenvalue weighted by molar-refractivity contribution is -0.122. The van der Waals surface area contributed by atoms with Crippen molar-refractivity contribution in [1.82, 2.24) is 15.5 Å². The fourth-order valence-electron chi connectivity index (χ4n) is 3.67. The van der Waals surface area contributed by atoms with E-state index in [4.69, 9.17) is 16.3 Å². The minimum Gasteiger partial charge on any atom is -0.379 e. The zero-order valence-electron chi connectivity index (χ0n) is 18.1. The van der Waals surface area contributed by atoms with E-state index in [1.807, 2.05) is 30.3 Å². The number of hydrogen-bond donors (Lipinski definition) is 2. The van der Waals surface area contributed by atoms with Gasteiger partial charge in [0.05, 0.1) is 36.3 Å². The quantitative estimate of drug-likeness (QED) is 0.655. The van der Waals surface area contributed by atoms with E-state index in [9.17, 15) is 9.59 Å². The molecular weight excluding hydrogens is 414 g/mol. The van der Waals surface area contributed by atoms with Gasteiger partial charge in [-0.1, -0.05) is 54.1 Å². The second-order valence-corrected chi connectivity index (χ2v) is 8.72. The topological polar surface area (TPSA) is 70.7 Å². The van der Waals surface area contributed by atoms with Gasteiger partial charge in [-0.05, 0) is 31.5 Å². The van der Waals surface area contributed by atoms with Crippen LogP contribution in [0.3, 0.4) is 0 Å². The first-order chi connectivity index (χ1) is 14.9. The molecule has 166 valence electrons. The molecule has 6 nitrogen and oxygen atoms in total. The minimum atomic E-state index is -0.462. The molecular formula is C24H30ClN3O3. The number of carbonyl (C=O) groups is 2. The van der Waals surface area contributed by atoms with Crippen LogP contribution in [0.1, 0.15) is 42.2 Å². The van der Waals surface area contributed by atoms with Crippen molar-refractivity contribution in [2.75, 3.05) is 32.8 Å². The summed E-state index contributed by atoms with van der Waals surface area (Å²) in [6, 6.07) is 15.9. The van der Waals surface area contributed by atoms with Gasteiger partial charge in [0.15, 0.2) is 0 Å². The summed E-state index contributed by atoms with van der Waals surface area (Å²) in [6.45, 7) is 7.88. The Bertz CT molecular complexity index is 883. The molecule has 1 aliphatic rings. The Morgan fingerprint density at radius 3 is 2.39 bits per heavy atom. The molecule has 1 heterocycles. The van der Waals surface area contributed by atoms with E-state index < -0.39 is 6.04 Å². The average molecular weight is 444 g/mol. The van der Waals surface area contributed by atoms with Crippen LogP contribution in [0, 0.1) is 0 Å². The highest BCUT2D eigenvalue weighted by Crippen LogP contribution is 2.21. The third-order valence-corrected chi connectivity index (χ3v) is 5.93. The lowest BCUT2D eigenvalue weighted by Crippen LogP contribution is -2.55. The van der Waals surface area contributed by atoms with Gasteiger partial charge < -0.3 is 15.4 Å². The first kappa shape index (κ1) is 23.3. The van der Waals surface area contributed by atoms with Crippen molar-refractivity contribution >= 4 is 23.4 Å². The van der Waals surface area contributed by atoms with Crippen LogP contribution in [-0.4, -0.2) is 55.1 Å². The zero-order valence-corrected chi connectivity index (χ0v) is 18.8. The van der Waals surface area contributed by atoms with Gasteiger partial charge in [-0.25, -0.2) is 0 Å². The molecule has 2 aromatic carbocycles. The minimum absolute atomic E-state index is 0.116. The zero-order chi connectivity index (χ0) is 22.3. The summed E-state index contributed by atoms with van der Waals surface area (Å²) < 4.78 is 5.43. The Kier molecular flexibility index (Phi) is 8.07. The largest absolute Gasteiger partial charge is 0.379 e. The van der Waals surface area contributed by atoms with Gasteiger partial charge in [0.1, 0.15) is 0 Å². The third-order valence-electron chi connectivity index (χ3n) is 5.60. The van der Waals surface area contributed by atoms with Gasteiger partial charge in [0.2, 0.25) is 5.91 Å². The van der Waals surface area contributed by atoms with Crippen molar-refractivity contribution in [3.05, 3.63) is 70.7 Å². The number of morpholine rings is 1. The van der Waals surface area contributed by atoms with E-state index >= 15 is 0 Å². The molecule has 2 N–H and O–H groups in total. The molecule has 31 heavy (non-hydrogen) atoms. The van der Waals surface area contributed by atoms with E-state index in [1.54, 1.807) is 24.3 Å². The fraction of sp³-hybridized carbons (Fsp3) is 0.417. The van der Waals surface area contributed by atoms with Crippen molar-refractivity contribution < 1.29 is 14.3 Å². The lowest BCUT2D eigenvalue weighted by atomic mass is 10.0. The number of carbonyl (C=O) groups excluding carboxylic acids is 2. The average Bonchev–Trinajstić information content (AvgIpc) is 2.79. The van der Waals surface area contributed by atoms with Crippen LogP contribution in [0.25, 0.3) is 0 Å². The molecule has 3 rings (SSSR count). The lowest BCUT2D eigenvalue weighted by Gasteiger charge is -2.40. The molecule has 0 spiro atoms. The number of rotatable bonds is 8. The second kappa shape index (κ2) is 10.8. The Labute approximate surface area is 188 Å². The predicted molar refractivity (Wildman–Crippen MR) is 122 cm³/mol. The highest BCUT2D eigenvalue weighted by molar-refractivity contribution is 6.33. The van der Waals surface area contributed by atoms with E-state index in [0.29, 0.717) is 30.3 Å². The van der Waals surface area contributed by atoms with E-state index in [1.165, 1.54) is 0 Å². The molecule has 1 unspecified atom stereocenters. The van der Waals surface area contributed by atoms with Crippen LogP contribution in [0.5, 0.6) is 0 Å². The predicted octanol–water partition coefficient (Wildman–Crippen LogP) is 3.43. The summed E-state index contributed by atoms with van der Waals surface area (Å²) in [5, 5.41) is 6.40. The van der Waals surface area contributed by atoms with E-state index in [2.05, 4.69) is 29.4 Å². The van der Waals surface area contributed by atoms with Crippen molar-refractivity contribution in [1.29, 1.82) is 0 Å². The maximum Gasteiger partial charge on any atom is 0.253 e. The molecule has 1 fully saturated rings. The number of nitrogens with one attached hydrogen (secondary N) is 2. The molecule has 0 aromatic heterocycles. The van der Waals surface area contributed by atoms with Gasteiger partial charge in [0, 0.05) is 25.2 Å². The Hall–Kier alpha value is -2.41. The molecule has 0 aliphatic carbocycles. The van der Waals surface area contributed by atoms with Gasteiger partial charge in [0.25, 0.3) is 5.91 Å². The third kappa shape index (κ3) is 6.53. The van der Waals surface area contributed by atoms with Gasteiger partial charge >= 0.3 is 0 Å². The first-order valence-electron chi connectivity index (χ1n) is 10.6. The van der Waals surface area contributed by atoms with Crippen molar-refractivity contribution in [2.24, 2.45) is 0 Å². The highest BCUT2D eigenvalue weighted by Gasteiger charge is 2.29. The molecule has 1 aliphatic heterocycles. The van der Waals surface area contributed by atoms with Crippen molar-refractivity contribution in [3.8, 4) is 0 Å². The van der Waals surface area contributed by atoms with Crippen molar-refractivity contribution in [3.63, 3.8) is 0 Å². The van der Waals surface area contributed by atoms with Crippen LogP contribution >= 0.6 is 11.6 Å². The summed E-state index contributed by atoms with van der Waals surface area (Å²) in [5.41, 5.74) is 1.08. The fourth-order valence-corrected chi connectivity index (χ4v) is 3.89. The summed E-state index contributed by atoms with van der Waals surface area (Å²) in [5.74, 6) is -0.421. The number of halogens is 1. The smallest absolute Gasteiger partial charge is 0.253 e. The molecule has 0 bridgehead atoms. The van der Waals surface area contributed by atoms with Crippen LogP contribution in [0.15, 0.2) is 54.6 Å². The summed E-state index contributed by atoms with van der Waals surface area (Å²) in [6.07, 6.45) is 0.138. The molecule has 0 radical (unpaired) electrons. The van der Waals surface area contributed by atoms with Gasteiger partial charge in [-0.2, -0.15) is 0 Å². The van der Waals surface area contributed by atoms with E-state index in [0.717, 1.165) is 18.7 Å². The highest BCUT2D eigenvalue weighted by atomic mass is 35.5. The van der Waals surface area contributed by atoms with E-state index in [-0.39, 0.29) is 23.8 Å². The molecule has 2 aromatic rings. The summed E-state index contributed by atoms with van der Waals surface area (Å²) >= 11 is 6.17. The Morgan fingerprint density at radius 2 is 1.71 bits per heavy atom. The molecule has 1 saturated heterocycles. The first-order valence-corrected chi connectivity index (χ1v) is 10.9. The number of amides is 2. The van der Waals surface area contributed by atoms with Gasteiger partial charge in [-0.3, -0.25) is 14.5 Å².